The van der Waals surface area contributed by atoms with Crippen molar-refractivity contribution in [2.75, 3.05) is 13.2 Å². The summed E-state index contributed by atoms with van der Waals surface area (Å²) in [7, 11) is 0. The molecule has 4 heteroatoms. The third-order valence-electron chi connectivity index (χ3n) is 4.10. The zero-order chi connectivity index (χ0) is 11.6. The van der Waals surface area contributed by atoms with E-state index in [0.29, 0.717) is 6.61 Å². The molecule has 0 aromatic carbocycles. The van der Waals surface area contributed by atoms with Gasteiger partial charge in [-0.3, -0.25) is 0 Å². The highest BCUT2D eigenvalue weighted by Gasteiger charge is 2.49. The average molecular weight is 226 g/mol. The molecule has 1 heterocycles. The van der Waals surface area contributed by atoms with Crippen LogP contribution in [0.15, 0.2) is 0 Å². The van der Waals surface area contributed by atoms with Crippen LogP contribution in [0.25, 0.3) is 0 Å². The Morgan fingerprint density at radius 1 is 1.44 bits per heavy atom. The third kappa shape index (κ3) is 1.79. The van der Waals surface area contributed by atoms with Crippen molar-refractivity contribution < 1.29 is 9.53 Å². The average Bonchev–Trinajstić information content (AvgIpc) is 2.58. The summed E-state index contributed by atoms with van der Waals surface area (Å²) >= 11 is 0. The number of carbonyl (C=O) groups excluding carboxylic acids is 1. The van der Waals surface area contributed by atoms with Crippen molar-refractivity contribution in [2.45, 2.75) is 57.0 Å². The fraction of sp³-hybridized carbons (Fsp3) is 0.917. The number of amides is 1. The molecule has 1 unspecified atom stereocenters. The summed E-state index contributed by atoms with van der Waals surface area (Å²) in [5, 5.41) is 0. The van der Waals surface area contributed by atoms with Gasteiger partial charge in [-0.2, -0.15) is 0 Å². The Bertz CT molecular complexity index is 262. The number of carbonyl (C=O) groups is 1. The molecule has 0 radical (unpaired) electrons. The molecule has 2 rings (SSSR count). The van der Waals surface area contributed by atoms with Gasteiger partial charge in [0, 0.05) is 12.6 Å². The van der Waals surface area contributed by atoms with Gasteiger partial charge in [0.2, 0.25) is 0 Å². The second-order valence-electron chi connectivity index (χ2n) is 4.91. The quantitative estimate of drug-likeness (QED) is 0.742. The molecular weight excluding hydrogens is 204 g/mol. The Morgan fingerprint density at radius 3 is 2.75 bits per heavy atom. The number of rotatable bonds is 1. The highest BCUT2D eigenvalue weighted by Crippen LogP contribution is 2.41. The molecule has 1 atom stereocenters. The number of nitrogens with zero attached hydrogens (tertiary/aromatic N) is 1. The van der Waals surface area contributed by atoms with Gasteiger partial charge in [-0.25, -0.2) is 4.79 Å². The fourth-order valence-electron chi connectivity index (χ4n) is 3.24. The lowest BCUT2D eigenvalue weighted by Crippen LogP contribution is -2.56. The molecule has 4 nitrogen and oxygen atoms in total. The van der Waals surface area contributed by atoms with Gasteiger partial charge in [-0.15, -0.1) is 0 Å². The molecule has 0 aromatic rings. The van der Waals surface area contributed by atoms with Crippen LogP contribution in [0.3, 0.4) is 0 Å². The molecular formula is C12H22N2O2. The third-order valence-corrected chi connectivity index (χ3v) is 4.10. The lowest BCUT2D eigenvalue weighted by atomic mass is 9.77. The summed E-state index contributed by atoms with van der Waals surface area (Å²) in [5.74, 6) is 0. The molecule has 2 N–H and O–H groups in total. The Hall–Kier alpha value is -0.770. The Labute approximate surface area is 97.1 Å². The second kappa shape index (κ2) is 4.62. The number of ether oxygens (including phenoxy) is 1. The van der Waals surface area contributed by atoms with E-state index in [2.05, 4.69) is 0 Å². The molecule has 2 fully saturated rings. The Morgan fingerprint density at radius 2 is 2.12 bits per heavy atom. The van der Waals surface area contributed by atoms with Crippen LogP contribution in [-0.4, -0.2) is 35.7 Å². The van der Waals surface area contributed by atoms with Gasteiger partial charge in [-0.1, -0.05) is 19.3 Å². The summed E-state index contributed by atoms with van der Waals surface area (Å²) in [6, 6.07) is 0.136. The number of hydrogen-bond donors (Lipinski definition) is 1. The number of hydrogen-bond acceptors (Lipinski definition) is 3. The molecule has 16 heavy (non-hydrogen) atoms. The van der Waals surface area contributed by atoms with Crippen molar-refractivity contribution in [3.63, 3.8) is 0 Å². The van der Waals surface area contributed by atoms with E-state index in [1.165, 1.54) is 19.3 Å². The molecule has 2 aliphatic rings. The maximum absolute atomic E-state index is 11.9. The minimum Gasteiger partial charge on any atom is -0.450 e. The smallest absolute Gasteiger partial charge is 0.410 e. The van der Waals surface area contributed by atoms with E-state index in [1.807, 2.05) is 11.8 Å². The zero-order valence-electron chi connectivity index (χ0n) is 10.1. The monoisotopic (exact) mass is 226 g/mol. The van der Waals surface area contributed by atoms with Crippen LogP contribution in [0.4, 0.5) is 4.79 Å². The topological polar surface area (TPSA) is 55.6 Å². The van der Waals surface area contributed by atoms with Gasteiger partial charge < -0.3 is 15.4 Å². The van der Waals surface area contributed by atoms with Crippen LogP contribution in [0.5, 0.6) is 0 Å². The van der Waals surface area contributed by atoms with Crippen LogP contribution in [0.1, 0.15) is 45.4 Å². The molecule has 1 spiro atoms. The predicted molar refractivity (Wildman–Crippen MR) is 62.1 cm³/mol. The summed E-state index contributed by atoms with van der Waals surface area (Å²) in [6.07, 6.45) is 6.48. The van der Waals surface area contributed by atoms with Gasteiger partial charge >= 0.3 is 6.09 Å². The van der Waals surface area contributed by atoms with Crippen molar-refractivity contribution in [3.05, 3.63) is 0 Å². The first-order valence-corrected chi connectivity index (χ1v) is 6.40. The Balaban J connectivity index is 2.14. The zero-order valence-corrected chi connectivity index (χ0v) is 10.1. The molecule has 1 aliphatic heterocycles. The molecule has 0 bridgehead atoms. The van der Waals surface area contributed by atoms with Gasteiger partial charge in [0.15, 0.2) is 0 Å². The van der Waals surface area contributed by atoms with Gasteiger partial charge in [-0.05, 0) is 26.2 Å². The normalized spacial score (nSPS) is 28.4. The molecule has 0 aromatic heterocycles. The maximum atomic E-state index is 11.9. The first-order valence-electron chi connectivity index (χ1n) is 6.40. The van der Waals surface area contributed by atoms with E-state index >= 15 is 0 Å². The summed E-state index contributed by atoms with van der Waals surface area (Å²) in [5.41, 5.74) is 6.13. The summed E-state index contributed by atoms with van der Waals surface area (Å²) in [4.78, 5) is 13.8. The lowest BCUT2D eigenvalue weighted by Gasteiger charge is -2.43. The molecule has 1 aliphatic carbocycles. The number of nitrogens with two attached hydrogens (primary N) is 1. The molecule has 1 amide bonds. The van der Waals surface area contributed by atoms with Crippen LogP contribution >= 0.6 is 0 Å². The van der Waals surface area contributed by atoms with Crippen molar-refractivity contribution in [1.29, 1.82) is 0 Å². The standard InChI is InChI=1S/C12H22N2O2/c1-2-16-11(15)14-9-6-10(13)12(14)7-4-3-5-8-12/h10H,2-9,13H2,1H3. The van der Waals surface area contributed by atoms with E-state index < -0.39 is 0 Å². The molecule has 92 valence electrons. The molecule has 1 saturated carbocycles. The van der Waals surface area contributed by atoms with Gasteiger partial charge in [0.25, 0.3) is 0 Å². The first kappa shape index (κ1) is 11.7. The van der Waals surface area contributed by atoms with Crippen molar-refractivity contribution in [3.8, 4) is 0 Å². The van der Waals surface area contributed by atoms with E-state index in [4.69, 9.17) is 10.5 Å². The molecule has 1 saturated heterocycles. The van der Waals surface area contributed by atoms with Crippen molar-refractivity contribution in [1.82, 2.24) is 4.90 Å². The van der Waals surface area contributed by atoms with E-state index in [-0.39, 0.29) is 17.7 Å². The van der Waals surface area contributed by atoms with Crippen LogP contribution in [-0.2, 0) is 4.74 Å². The largest absolute Gasteiger partial charge is 0.450 e. The van der Waals surface area contributed by atoms with Crippen LogP contribution in [0, 0.1) is 0 Å². The van der Waals surface area contributed by atoms with E-state index in [9.17, 15) is 4.79 Å². The Kier molecular flexibility index (Phi) is 3.38. The summed E-state index contributed by atoms with van der Waals surface area (Å²) < 4.78 is 5.13. The fourth-order valence-corrected chi connectivity index (χ4v) is 3.24. The van der Waals surface area contributed by atoms with Gasteiger partial charge in [0.1, 0.15) is 0 Å². The van der Waals surface area contributed by atoms with E-state index in [1.54, 1.807) is 0 Å². The van der Waals surface area contributed by atoms with Crippen LogP contribution in [0.2, 0.25) is 0 Å². The first-order chi connectivity index (χ1) is 7.70. The van der Waals surface area contributed by atoms with Gasteiger partial charge in [0.05, 0.1) is 12.1 Å². The predicted octanol–water partition coefficient (Wildman–Crippen LogP) is 1.88. The summed E-state index contributed by atoms with van der Waals surface area (Å²) in [6.45, 7) is 3.06. The maximum Gasteiger partial charge on any atom is 0.410 e. The number of likely N-dealkylation sites (tertiary alicyclic amines) is 1. The van der Waals surface area contributed by atoms with E-state index in [0.717, 1.165) is 25.8 Å². The minimum atomic E-state index is -0.169. The highest BCUT2D eigenvalue weighted by molar-refractivity contribution is 5.69. The van der Waals surface area contributed by atoms with Crippen molar-refractivity contribution >= 4 is 6.09 Å². The van der Waals surface area contributed by atoms with Crippen molar-refractivity contribution in [2.24, 2.45) is 5.73 Å². The lowest BCUT2D eigenvalue weighted by molar-refractivity contribution is 0.0506. The minimum absolute atomic E-state index is 0.0928. The highest BCUT2D eigenvalue weighted by atomic mass is 16.6. The van der Waals surface area contributed by atoms with Crippen LogP contribution < -0.4 is 5.73 Å². The SMILES string of the molecule is CCOC(=O)N1CCC(N)C12CCCCC2. The second-order valence-corrected chi connectivity index (χ2v) is 4.91.